The van der Waals surface area contributed by atoms with Crippen LogP contribution in [0.15, 0.2) is 60.7 Å². The largest absolute Gasteiger partial charge is 0.483 e. The van der Waals surface area contributed by atoms with E-state index in [2.05, 4.69) is 11.4 Å². The van der Waals surface area contributed by atoms with Crippen molar-refractivity contribution >= 4 is 46.4 Å². The van der Waals surface area contributed by atoms with E-state index in [0.29, 0.717) is 32.6 Å². The zero-order chi connectivity index (χ0) is 22.4. The van der Waals surface area contributed by atoms with E-state index in [0.717, 1.165) is 16.7 Å². The molecule has 156 valence electrons. The lowest BCUT2D eigenvalue weighted by Crippen LogP contribution is -2.20. The summed E-state index contributed by atoms with van der Waals surface area (Å²) in [5, 5.41) is 13.5. The van der Waals surface area contributed by atoms with Gasteiger partial charge >= 0.3 is 0 Å². The summed E-state index contributed by atoms with van der Waals surface area (Å²) in [4.78, 5) is 12.3. The molecule has 0 spiro atoms. The highest BCUT2D eigenvalue weighted by Crippen LogP contribution is 2.28. The Morgan fingerprint density at radius 1 is 1.06 bits per heavy atom. The molecule has 0 radical (unpaired) electrons. The van der Waals surface area contributed by atoms with Crippen molar-refractivity contribution in [3.8, 4) is 11.8 Å². The number of hydrogen-bond donors (Lipinski definition) is 1. The van der Waals surface area contributed by atoms with Crippen molar-refractivity contribution in [2.24, 2.45) is 0 Å². The fraction of sp³-hybridized carbons (Fsp3) is 0.120. The van der Waals surface area contributed by atoms with Gasteiger partial charge in [0.25, 0.3) is 5.91 Å². The fourth-order valence-corrected chi connectivity index (χ4v) is 3.20. The lowest BCUT2D eigenvalue weighted by Gasteiger charge is -2.11. The second-order valence-electron chi connectivity index (χ2n) is 7.02. The second-order valence-corrected chi connectivity index (χ2v) is 7.86. The van der Waals surface area contributed by atoms with E-state index in [4.69, 9.17) is 27.9 Å². The molecule has 3 aromatic carbocycles. The number of nitrogens with zero attached hydrogens (tertiary/aromatic N) is 1. The van der Waals surface area contributed by atoms with E-state index in [9.17, 15) is 10.1 Å². The molecule has 1 N–H and O–H groups in total. The Morgan fingerprint density at radius 2 is 1.81 bits per heavy atom. The molecule has 0 heterocycles. The number of aryl methyl sites for hydroxylation is 2. The van der Waals surface area contributed by atoms with Crippen molar-refractivity contribution in [2.75, 3.05) is 11.9 Å². The first-order valence-electron chi connectivity index (χ1n) is 9.53. The number of allylic oxidation sites excluding steroid dienone is 1. The van der Waals surface area contributed by atoms with E-state index in [1.807, 2.05) is 44.2 Å². The maximum Gasteiger partial charge on any atom is 0.262 e. The Bertz CT molecular complexity index is 1180. The molecule has 1 amide bonds. The summed E-state index contributed by atoms with van der Waals surface area (Å²) < 4.78 is 5.72. The summed E-state index contributed by atoms with van der Waals surface area (Å²) in [6, 6.07) is 20.2. The third-order valence-corrected chi connectivity index (χ3v) is 5.21. The number of amides is 1. The van der Waals surface area contributed by atoms with Crippen LogP contribution < -0.4 is 10.1 Å². The quantitative estimate of drug-likeness (QED) is 0.335. The number of benzene rings is 3. The number of rotatable bonds is 6. The van der Waals surface area contributed by atoms with Crippen molar-refractivity contribution in [3.05, 3.63) is 93.0 Å². The molecule has 0 unspecified atom stereocenters. The summed E-state index contributed by atoms with van der Waals surface area (Å²) in [7, 11) is 0. The minimum absolute atomic E-state index is 0.208. The van der Waals surface area contributed by atoms with E-state index < -0.39 is 0 Å². The van der Waals surface area contributed by atoms with Gasteiger partial charge in [-0.2, -0.15) is 5.26 Å². The average molecular weight is 451 g/mol. The highest BCUT2D eigenvalue weighted by atomic mass is 35.5. The van der Waals surface area contributed by atoms with Crippen molar-refractivity contribution < 1.29 is 9.53 Å². The lowest BCUT2D eigenvalue weighted by atomic mass is 10.0. The monoisotopic (exact) mass is 450 g/mol. The van der Waals surface area contributed by atoms with Crippen LogP contribution in [0, 0.1) is 25.2 Å². The van der Waals surface area contributed by atoms with Crippen molar-refractivity contribution in [1.82, 2.24) is 0 Å². The first kappa shape index (κ1) is 22.4. The van der Waals surface area contributed by atoms with Crippen LogP contribution in [-0.4, -0.2) is 12.5 Å². The third kappa shape index (κ3) is 6.11. The molecule has 0 fully saturated rings. The van der Waals surface area contributed by atoms with Crippen LogP contribution in [0.4, 0.5) is 5.69 Å². The number of carbonyl (C=O) groups is 1. The van der Waals surface area contributed by atoms with Crippen LogP contribution in [0.1, 0.15) is 22.3 Å². The molecule has 0 aliphatic carbocycles. The SMILES string of the molecule is Cc1ccc(/C(C#N)=C/c2cc(Cl)ccc2OCC(=O)Nc2ccc(C)c(Cl)c2)cc1. The highest BCUT2D eigenvalue weighted by Gasteiger charge is 2.10. The molecule has 0 aliphatic heterocycles. The van der Waals surface area contributed by atoms with Gasteiger partial charge in [-0.15, -0.1) is 0 Å². The first-order chi connectivity index (χ1) is 14.9. The van der Waals surface area contributed by atoms with Gasteiger partial charge in [0.2, 0.25) is 0 Å². The fourth-order valence-electron chi connectivity index (χ4n) is 2.84. The summed E-state index contributed by atoms with van der Waals surface area (Å²) in [6.07, 6.45) is 1.70. The van der Waals surface area contributed by atoms with Crippen LogP contribution >= 0.6 is 23.2 Å². The van der Waals surface area contributed by atoms with E-state index in [1.165, 1.54) is 0 Å². The van der Waals surface area contributed by atoms with Gasteiger partial charge in [-0.05, 0) is 61.4 Å². The average Bonchev–Trinajstić information content (AvgIpc) is 2.74. The van der Waals surface area contributed by atoms with E-state index in [-0.39, 0.29) is 12.5 Å². The molecule has 0 saturated heterocycles. The lowest BCUT2D eigenvalue weighted by molar-refractivity contribution is -0.118. The Kier molecular flexibility index (Phi) is 7.36. The normalized spacial score (nSPS) is 11.0. The van der Waals surface area contributed by atoms with Gasteiger partial charge in [0.05, 0.1) is 11.6 Å². The molecule has 3 aromatic rings. The Balaban J connectivity index is 1.78. The van der Waals surface area contributed by atoms with Crippen molar-refractivity contribution in [3.63, 3.8) is 0 Å². The maximum atomic E-state index is 12.3. The Hall–Kier alpha value is -3.26. The predicted molar refractivity (Wildman–Crippen MR) is 126 cm³/mol. The van der Waals surface area contributed by atoms with Gasteiger partial charge in [0.15, 0.2) is 6.61 Å². The van der Waals surface area contributed by atoms with Gasteiger partial charge < -0.3 is 10.1 Å². The van der Waals surface area contributed by atoms with Gasteiger partial charge in [-0.1, -0.05) is 59.1 Å². The Morgan fingerprint density at radius 3 is 2.48 bits per heavy atom. The smallest absolute Gasteiger partial charge is 0.262 e. The third-order valence-electron chi connectivity index (χ3n) is 4.57. The molecule has 3 rings (SSSR count). The second kappa shape index (κ2) is 10.2. The molecule has 31 heavy (non-hydrogen) atoms. The number of nitrogens with one attached hydrogen (secondary N) is 1. The molecule has 0 aliphatic rings. The minimum atomic E-state index is -0.330. The summed E-state index contributed by atoms with van der Waals surface area (Å²) >= 11 is 12.2. The summed E-state index contributed by atoms with van der Waals surface area (Å²) in [6.45, 7) is 3.66. The van der Waals surface area contributed by atoms with Gasteiger partial charge in [0, 0.05) is 21.3 Å². The molecule has 0 aromatic heterocycles. The molecular formula is C25H20Cl2N2O2. The molecule has 0 saturated carbocycles. The summed E-state index contributed by atoms with van der Waals surface area (Å²) in [5.74, 6) is 0.116. The van der Waals surface area contributed by atoms with Crippen LogP contribution in [0.25, 0.3) is 11.6 Å². The first-order valence-corrected chi connectivity index (χ1v) is 10.3. The van der Waals surface area contributed by atoms with Crippen molar-refractivity contribution in [1.29, 1.82) is 5.26 Å². The van der Waals surface area contributed by atoms with E-state index in [1.54, 1.807) is 36.4 Å². The van der Waals surface area contributed by atoms with Crippen LogP contribution in [0.2, 0.25) is 10.0 Å². The molecule has 0 atom stereocenters. The number of anilines is 1. The van der Waals surface area contributed by atoms with Crippen molar-refractivity contribution in [2.45, 2.75) is 13.8 Å². The predicted octanol–water partition coefficient (Wildman–Crippen LogP) is 6.69. The number of nitriles is 1. The zero-order valence-electron chi connectivity index (χ0n) is 17.1. The standard InChI is InChI=1S/C25H20Cl2N2O2/c1-16-3-6-18(7-4-16)20(14-28)11-19-12-21(26)8-10-24(19)31-15-25(30)29-22-9-5-17(2)23(27)13-22/h3-13H,15H2,1-2H3,(H,29,30)/b20-11+. The van der Waals surface area contributed by atoms with Crippen LogP contribution in [0.3, 0.4) is 0 Å². The number of carbonyl (C=O) groups excluding carboxylic acids is 1. The van der Waals surface area contributed by atoms with Gasteiger partial charge in [0.1, 0.15) is 5.75 Å². The Labute approximate surface area is 191 Å². The zero-order valence-corrected chi connectivity index (χ0v) is 18.6. The minimum Gasteiger partial charge on any atom is -0.483 e. The number of hydrogen-bond acceptors (Lipinski definition) is 3. The van der Waals surface area contributed by atoms with Gasteiger partial charge in [-0.25, -0.2) is 0 Å². The maximum absolute atomic E-state index is 12.3. The van der Waals surface area contributed by atoms with Crippen LogP contribution in [-0.2, 0) is 4.79 Å². The van der Waals surface area contributed by atoms with E-state index >= 15 is 0 Å². The molecular weight excluding hydrogens is 431 g/mol. The molecule has 0 bridgehead atoms. The summed E-state index contributed by atoms with van der Waals surface area (Å²) in [5.41, 5.74) is 4.48. The van der Waals surface area contributed by atoms with Gasteiger partial charge in [-0.3, -0.25) is 4.79 Å². The number of ether oxygens (including phenoxy) is 1. The molecule has 6 heteroatoms. The molecule has 4 nitrogen and oxygen atoms in total. The highest BCUT2D eigenvalue weighted by molar-refractivity contribution is 6.31. The number of halogens is 2. The van der Waals surface area contributed by atoms with Crippen LogP contribution in [0.5, 0.6) is 5.75 Å². The topological polar surface area (TPSA) is 62.1 Å².